The summed E-state index contributed by atoms with van der Waals surface area (Å²) in [5.74, 6) is 1.29. The molecule has 6 nitrogen and oxygen atoms in total. The Balaban J connectivity index is 1.87. The highest BCUT2D eigenvalue weighted by molar-refractivity contribution is 5.72. The van der Waals surface area contributed by atoms with Gasteiger partial charge < -0.3 is 9.26 Å². The number of esters is 1. The Labute approximate surface area is 119 Å². The number of rotatable bonds is 6. The first kappa shape index (κ1) is 15.0. The Morgan fingerprint density at radius 3 is 3.10 bits per heavy atom. The highest BCUT2D eigenvalue weighted by atomic mass is 16.5. The molecular formula is C14H23N3O3. The number of piperidine rings is 1. The minimum absolute atomic E-state index is 0.0262. The highest BCUT2D eigenvalue weighted by Crippen LogP contribution is 2.19. The molecule has 0 aliphatic carbocycles. The Hall–Kier alpha value is -1.43. The number of likely N-dealkylation sites (tertiary alicyclic amines) is 1. The molecular weight excluding hydrogens is 258 g/mol. The van der Waals surface area contributed by atoms with E-state index in [0.29, 0.717) is 25.6 Å². The van der Waals surface area contributed by atoms with Crippen LogP contribution in [-0.2, 0) is 22.5 Å². The van der Waals surface area contributed by atoms with Crippen LogP contribution in [-0.4, -0.2) is 40.7 Å². The molecule has 0 aromatic carbocycles. The van der Waals surface area contributed by atoms with Gasteiger partial charge in [0.2, 0.25) is 5.89 Å². The molecule has 6 heteroatoms. The van der Waals surface area contributed by atoms with Gasteiger partial charge in [-0.2, -0.15) is 4.98 Å². The number of carbonyl (C=O) groups excluding carboxylic acids is 1. The van der Waals surface area contributed by atoms with Crippen LogP contribution in [0.4, 0.5) is 0 Å². The van der Waals surface area contributed by atoms with E-state index in [9.17, 15) is 4.79 Å². The molecule has 0 spiro atoms. The lowest BCUT2D eigenvalue weighted by atomic mass is 9.98. The monoisotopic (exact) mass is 281 g/mol. The van der Waals surface area contributed by atoms with Crippen molar-refractivity contribution in [3.05, 3.63) is 11.7 Å². The van der Waals surface area contributed by atoms with Crippen LogP contribution in [0.5, 0.6) is 0 Å². The molecule has 1 aliphatic rings. The molecule has 2 heterocycles. The summed E-state index contributed by atoms with van der Waals surface area (Å²) in [6, 6.07) is 0. The maximum atomic E-state index is 11.8. The first-order valence-electron chi connectivity index (χ1n) is 7.43. The summed E-state index contributed by atoms with van der Waals surface area (Å²) < 4.78 is 10.3. The average molecular weight is 281 g/mol. The Kier molecular flexibility index (Phi) is 5.52. The highest BCUT2D eigenvalue weighted by Gasteiger charge is 2.27. The van der Waals surface area contributed by atoms with Crippen molar-refractivity contribution in [1.29, 1.82) is 0 Å². The Morgan fingerprint density at radius 2 is 2.35 bits per heavy atom. The third kappa shape index (κ3) is 4.03. The van der Waals surface area contributed by atoms with Gasteiger partial charge in [-0.25, -0.2) is 0 Å². The summed E-state index contributed by atoms with van der Waals surface area (Å²) in [7, 11) is 0. The number of carbonyl (C=O) groups is 1. The van der Waals surface area contributed by atoms with Gasteiger partial charge in [-0.15, -0.1) is 0 Å². The first-order chi connectivity index (χ1) is 9.72. The van der Waals surface area contributed by atoms with Crippen LogP contribution in [0.25, 0.3) is 0 Å². The van der Waals surface area contributed by atoms with E-state index in [1.165, 1.54) is 0 Å². The number of hydrogen-bond acceptors (Lipinski definition) is 6. The topological polar surface area (TPSA) is 68.5 Å². The maximum absolute atomic E-state index is 11.8. The summed E-state index contributed by atoms with van der Waals surface area (Å²) in [5, 5.41) is 3.95. The van der Waals surface area contributed by atoms with E-state index in [4.69, 9.17) is 9.26 Å². The lowest BCUT2D eigenvalue weighted by molar-refractivity contribution is -0.150. The standard InChI is InChI=1S/C14H23N3O3/c1-3-6-12-15-13(20-16-12)10-17-8-5-7-11(9-17)14(18)19-4-2/h11H,3-10H2,1-2H3/t11-/m0/s1. The van der Waals surface area contributed by atoms with Gasteiger partial charge in [-0.1, -0.05) is 12.1 Å². The zero-order valence-corrected chi connectivity index (χ0v) is 12.3. The van der Waals surface area contributed by atoms with E-state index in [1.54, 1.807) is 0 Å². The van der Waals surface area contributed by atoms with Crippen LogP contribution >= 0.6 is 0 Å². The second kappa shape index (κ2) is 7.38. The first-order valence-corrected chi connectivity index (χ1v) is 7.43. The van der Waals surface area contributed by atoms with Gasteiger partial charge in [-0.05, 0) is 32.7 Å². The van der Waals surface area contributed by atoms with Gasteiger partial charge in [0.15, 0.2) is 5.82 Å². The molecule has 20 heavy (non-hydrogen) atoms. The molecule has 0 amide bonds. The van der Waals surface area contributed by atoms with Crippen molar-refractivity contribution in [1.82, 2.24) is 15.0 Å². The molecule has 1 fully saturated rings. The predicted octanol–water partition coefficient (Wildman–Crippen LogP) is 1.80. The fourth-order valence-corrected chi connectivity index (χ4v) is 2.52. The van der Waals surface area contributed by atoms with Crippen LogP contribution < -0.4 is 0 Å². The van der Waals surface area contributed by atoms with E-state index in [2.05, 4.69) is 22.0 Å². The molecule has 1 atom stereocenters. The quantitative estimate of drug-likeness (QED) is 0.741. The van der Waals surface area contributed by atoms with Gasteiger partial charge in [0.05, 0.1) is 19.1 Å². The van der Waals surface area contributed by atoms with E-state index in [-0.39, 0.29) is 11.9 Å². The van der Waals surface area contributed by atoms with E-state index >= 15 is 0 Å². The molecule has 2 rings (SSSR count). The second-order valence-corrected chi connectivity index (χ2v) is 5.18. The second-order valence-electron chi connectivity index (χ2n) is 5.18. The van der Waals surface area contributed by atoms with Gasteiger partial charge in [-0.3, -0.25) is 9.69 Å². The number of aryl methyl sites for hydroxylation is 1. The summed E-state index contributed by atoms with van der Waals surface area (Å²) in [5.41, 5.74) is 0. The van der Waals surface area contributed by atoms with Crippen LogP contribution in [0.1, 0.15) is 44.8 Å². The maximum Gasteiger partial charge on any atom is 0.310 e. The third-order valence-corrected chi connectivity index (χ3v) is 3.47. The summed E-state index contributed by atoms with van der Waals surface area (Å²) in [6.07, 6.45) is 3.75. The molecule has 0 N–H and O–H groups in total. The molecule has 1 aromatic heterocycles. The minimum Gasteiger partial charge on any atom is -0.466 e. The lowest BCUT2D eigenvalue weighted by Gasteiger charge is -2.30. The van der Waals surface area contributed by atoms with Crippen LogP contribution in [0.2, 0.25) is 0 Å². The fourth-order valence-electron chi connectivity index (χ4n) is 2.52. The molecule has 112 valence electrons. The van der Waals surface area contributed by atoms with Crippen molar-refractivity contribution >= 4 is 5.97 Å². The zero-order chi connectivity index (χ0) is 14.4. The molecule has 0 bridgehead atoms. The largest absolute Gasteiger partial charge is 0.466 e. The van der Waals surface area contributed by atoms with Gasteiger partial charge in [0.1, 0.15) is 0 Å². The molecule has 0 unspecified atom stereocenters. The van der Waals surface area contributed by atoms with Crippen molar-refractivity contribution in [3.8, 4) is 0 Å². The normalized spacial score (nSPS) is 20.0. The summed E-state index contributed by atoms with van der Waals surface area (Å²) in [6.45, 7) is 6.66. The van der Waals surface area contributed by atoms with Crippen LogP contribution in [0, 0.1) is 5.92 Å². The smallest absolute Gasteiger partial charge is 0.310 e. The average Bonchev–Trinajstić information content (AvgIpc) is 2.87. The van der Waals surface area contributed by atoms with Crippen molar-refractivity contribution in [3.63, 3.8) is 0 Å². The predicted molar refractivity (Wildman–Crippen MR) is 72.9 cm³/mol. The molecule has 1 aromatic rings. The summed E-state index contributed by atoms with van der Waals surface area (Å²) >= 11 is 0. The van der Waals surface area contributed by atoms with Crippen molar-refractivity contribution in [2.75, 3.05) is 19.7 Å². The third-order valence-electron chi connectivity index (χ3n) is 3.47. The molecule has 0 saturated carbocycles. The minimum atomic E-state index is -0.0885. The number of hydrogen-bond donors (Lipinski definition) is 0. The van der Waals surface area contributed by atoms with Gasteiger partial charge in [0.25, 0.3) is 0 Å². The zero-order valence-electron chi connectivity index (χ0n) is 12.3. The van der Waals surface area contributed by atoms with E-state index in [1.807, 2.05) is 6.92 Å². The van der Waals surface area contributed by atoms with Crippen LogP contribution in [0.3, 0.4) is 0 Å². The van der Waals surface area contributed by atoms with Gasteiger partial charge in [0, 0.05) is 13.0 Å². The van der Waals surface area contributed by atoms with E-state index < -0.39 is 0 Å². The van der Waals surface area contributed by atoms with Crippen molar-refractivity contribution < 1.29 is 14.1 Å². The molecule has 1 saturated heterocycles. The number of nitrogens with zero attached hydrogens (tertiary/aromatic N) is 3. The van der Waals surface area contributed by atoms with E-state index in [0.717, 1.165) is 38.1 Å². The van der Waals surface area contributed by atoms with Crippen molar-refractivity contribution in [2.24, 2.45) is 5.92 Å². The van der Waals surface area contributed by atoms with Gasteiger partial charge >= 0.3 is 5.97 Å². The molecule has 0 radical (unpaired) electrons. The summed E-state index contributed by atoms with van der Waals surface area (Å²) in [4.78, 5) is 18.3. The number of aromatic nitrogens is 2. The Bertz CT molecular complexity index is 433. The number of ether oxygens (including phenoxy) is 1. The lowest BCUT2D eigenvalue weighted by Crippen LogP contribution is -2.39. The van der Waals surface area contributed by atoms with Crippen molar-refractivity contribution in [2.45, 2.75) is 46.1 Å². The van der Waals surface area contributed by atoms with Crippen LogP contribution in [0.15, 0.2) is 4.52 Å². The Morgan fingerprint density at radius 1 is 1.50 bits per heavy atom. The molecule has 1 aliphatic heterocycles. The SMILES string of the molecule is CCCc1noc(CN2CCC[C@H](C(=O)OCC)C2)n1. The fraction of sp³-hybridized carbons (Fsp3) is 0.786.